The highest BCUT2D eigenvalue weighted by Gasteiger charge is 1.95. The number of nitrogens with one attached hydrogen (secondary N) is 2. The lowest BCUT2D eigenvalue weighted by Gasteiger charge is -2.06. The first-order valence-corrected chi connectivity index (χ1v) is 8.06. The zero-order chi connectivity index (χ0) is 16.3. The van der Waals surface area contributed by atoms with Crippen molar-refractivity contribution >= 4 is 29.2 Å². The molecule has 0 heterocycles. The van der Waals surface area contributed by atoms with Gasteiger partial charge in [0, 0.05) is 5.69 Å². The van der Waals surface area contributed by atoms with E-state index < -0.39 is 0 Å². The standard InChI is InChI=1S/C18H21N3OS/c1-2-3-13-22-17-11-9-15(10-12-17)14-19-21-18(23)20-16-7-5-4-6-8-16/h4-12,14H,2-3,13H2,1H3,(H2,20,21,23)/b19-14-. The van der Waals surface area contributed by atoms with Crippen molar-refractivity contribution in [2.24, 2.45) is 5.10 Å². The Morgan fingerprint density at radius 2 is 1.87 bits per heavy atom. The van der Waals surface area contributed by atoms with Gasteiger partial charge in [-0.25, -0.2) is 0 Å². The summed E-state index contributed by atoms with van der Waals surface area (Å²) in [6, 6.07) is 17.5. The molecule has 0 aliphatic heterocycles. The summed E-state index contributed by atoms with van der Waals surface area (Å²) in [5.74, 6) is 0.879. The predicted molar refractivity (Wildman–Crippen MR) is 100 cm³/mol. The molecular formula is C18H21N3OS. The largest absolute Gasteiger partial charge is 0.494 e. The van der Waals surface area contributed by atoms with Crippen molar-refractivity contribution in [2.75, 3.05) is 11.9 Å². The van der Waals surface area contributed by atoms with Gasteiger partial charge in [-0.2, -0.15) is 5.10 Å². The normalized spacial score (nSPS) is 10.5. The topological polar surface area (TPSA) is 45.6 Å². The fourth-order valence-electron chi connectivity index (χ4n) is 1.83. The summed E-state index contributed by atoms with van der Waals surface area (Å²) in [6.07, 6.45) is 3.92. The van der Waals surface area contributed by atoms with Gasteiger partial charge in [-0.15, -0.1) is 0 Å². The molecule has 2 aromatic rings. The van der Waals surface area contributed by atoms with Crippen molar-refractivity contribution in [3.05, 3.63) is 60.2 Å². The van der Waals surface area contributed by atoms with Crippen molar-refractivity contribution in [3.63, 3.8) is 0 Å². The maximum atomic E-state index is 5.62. The Hall–Kier alpha value is -2.40. The number of thiocarbonyl (C=S) groups is 1. The summed E-state index contributed by atoms with van der Waals surface area (Å²) in [7, 11) is 0. The number of para-hydroxylation sites is 1. The molecule has 0 aromatic heterocycles. The van der Waals surface area contributed by atoms with Crippen LogP contribution in [0.15, 0.2) is 59.7 Å². The number of ether oxygens (including phenoxy) is 1. The number of hydrogen-bond donors (Lipinski definition) is 2. The van der Waals surface area contributed by atoms with Crippen LogP contribution in [0.3, 0.4) is 0 Å². The molecule has 0 radical (unpaired) electrons. The third kappa shape index (κ3) is 6.48. The first-order chi connectivity index (χ1) is 11.3. The van der Waals surface area contributed by atoms with Gasteiger partial charge in [0.1, 0.15) is 5.75 Å². The Morgan fingerprint density at radius 3 is 2.57 bits per heavy atom. The molecule has 4 nitrogen and oxygen atoms in total. The molecular weight excluding hydrogens is 306 g/mol. The Bertz CT molecular complexity index is 626. The highest BCUT2D eigenvalue weighted by molar-refractivity contribution is 7.80. The fourth-order valence-corrected chi connectivity index (χ4v) is 2.00. The average molecular weight is 327 g/mol. The average Bonchev–Trinajstić information content (AvgIpc) is 2.57. The lowest BCUT2D eigenvalue weighted by Crippen LogP contribution is -2.23. The molecule has 0 aliphatic carbocycles. The molecule has 0 saturated heterocycles. The van der Waals surface area contributed by atoms with E-state index >= 15 is 0 Å². The van der Waals surface area contributed by atoms with Gasteiger partial charge in [-0.1, -0.05) is 31.5 Å². The Morgan fingerprint density at radius 1 is 1.13 bits per heavy atom. The number of rotatable bonds is 7. The second-order valence-electron chi connectivity index (χ2n) is 4.96. The van der Waals surface area contributed by atoms with Gasteiger partial charge in [0.05, 0.1) is 12.8 Å². The number of unbranched alkanes of at least 4 members (excludes halogenated alkanes) is 1. The van der Waals surface area contributed by atoms with Crippen LogP contribution in [0.5, 0.6) is 5.75 Å². The van der Waals surface area contributed by atoms with Gasteiger partial charge in [-0.3, -0.25) is 5.43 Å². The summed E-state index contributed by atoms with van der Waals surface area (Å²) >= 11 is 5.18. The van der Waals surface area contributed by atoms with Crippen molar-refractivity contribution in [2.45, 2.75) is 19.8 Å². The highest BCUT2D eigenvalue weighted by atomic mass is 32.1. The maximum Gasteiger partial charge on any atom is 0.191 e. The second kappa shape index (κ2) is 9.58. The summed E-state index contributed by atoms with van der Waals surface area (Å²) in [5.41, 5.74) is 4.69. The van der Waals surface area contributed by atoms with Gasteiger partial charge in [0.25, 0.3) is 0 Å². The molecule has 2 N–H and O–H groups in total. The van der Waals surface area contributed by atoms with Crippen molar-refractivity contribution in [1.29, 1.82) is 0 Å². The van der Waals surface area contributed by atoms with E-state index in [1.165, 1.54) is 0 Å². The summed E-state index contributed by atoms with van der Waals surface area (Å²) < 4.78 is 5.62. The number of nitrogens with zero attached hydrogens (tertiary/aromatic N) is 1. The molecule has 0 unspecified atom stereocenters. The predicted octanol–water partition coefficient (Wildman–Crippen LogP) is 4.19. The number of hydrogen-bond acceptors (Lipinski definition) is 3. The van der Waals surface area contributed by atoms with Crippen LogP contribution in [-0.2, 0) is 0 Å². The molecule has 2 aromatic carbocycles. The molecule has 2 rings (SSSR count). The Balaban J connectivity index is 1.77. The van der Waals surface area contributed by atoms with Crippen LogP contribution in [0.2, 0.25) is 0 Å². The first kappa shape index (κ1) is 17.0. The molecule has 120 valence electrons. The molecule has 0 atom stereocenters. The fraction of sp³-hybridized carbons (Fsp3) is 0.222. The van der Waals surface area contributed by atoms with Crippen LogP contribution >= 0.6 is 12.2 Å². The number of benzene rings is 2. The summed E-state index contributed by atoms with van der Waals surface area (Å²) in [5, 5.41) is 7.63. The van der Waals surface area contributed by atoms with E-state index in [4.69, 9.17) is 17.0 Å². The number of anilines is 1. The van der Waals surface area contributed by atoms with E-state index in [2.05, 4.69) is 22.8 Å². The van der Waals surface area contributed by atoms with Crippen LogP contribution in [0.4, 0.5) is 5.69 Å². The van der Waals surface area contributed by atoms with Crippen LogP contribution in [-0.4, -0.2) is 17.9 Å². The van der Waals surface area contributed by atoms with Crippen LogP contribution in [0, 0.1) is 0 Å². The number of hydrazone groups is 1. The molecule has 23 heavy (non-hydrogen) atoms. The second-order valence-corrected chi connectivity index (χ2v) is 5.37. The quantitative estimate of drug-likeness (QED) is 0.346. The Kier molecular flexibility index (Phi) is 7.07. The van der Waals surface area contributed by atoms with Gasteiger partial charge in [-0.05, 0) is 60.6 Å². The lowest BCUT2D eigenvalue weighted by molar-refractivity contribution is 0.309. The smallest absolute Gasteiger partial charge is 0.191 e. The molecule has 0 amide bonds. The van der Waals surface area contributed by atoms with E-state index in [0.29, 0.717) is 5.11 Å². The van der Waals surface area contributed by atoms with Crippen LogP contribution in [0.25, 0.3) is 0 Å². The monoisotopic (exact) mass is 327 g/mol. The first-order valence-electron chi connectivity index (χ1n) is 7.66. The SMILES string of the molecule is CCCCOc1ccc(/C=N\NC(=S)Nc2ccccc2)cc1. The molecule has 0 fully saturated rings. The van der Waals surface area contributed by atoms with E-state index in [9.17, 15) is 0 Å². The van der Waals surface area contributed by atoms with Gasteiger partial charge in [0.15, 0.2) is 5.11 Å². The van der Waals surface area contributed by atoms with Crippen LogP contribution < -0.4 is 15.5 Å². The minimum Gasteiger partial charge on any atom is -0.494 e. The zero-order valence-corrected chi connectivity index (χ0v) is 14.0. The third-order valence-corrected chi connectivity index (χ3v) is 3.25. The van der Waals surface area contributed by atoms with Gasteiger partial charge >= 0.3 is 0 Å². The minimum absolute atomic E-state index is 0.451. The minimum atomic E-state index is 0.451. The highest BCUT2D eigenvalue weighted by Crippen LogP contribution is 2.11. The van der Waals surface area contributed by atoms with E-state index in [0.717, 1.165) is 36.4 Å². The molecule has 0 aliphatic rings. The van der Waals surface area contributed by atoms with Gasteiger partial charge in [0.2, 0.25) is 0 Å². The van der Waals surface area contributed by atoms with E-state index in [-0.39, 0.29) is 0 Å². The van der Waals surface area contributed by atoms with Gasteiger partial charge < -0.3 is 10.1 Å². The molecule has 5 heteroatoms. The Labute approximate surface area is 142 Å². The van der Waals surface area contributed by atoms with Crippen molar-refractivity contribution in [3.8, 4) is 5.75 Å². The molecule has 0 bridgehead atoms. The summed E-state index contributed by atoms with van der Waals surface area (Å²) in [6.45, 7) is 2.90. The van der Waals surface area contributed by atoms with E-state index in [1.807, 2.05) is 54.6 Å². The molecule has 0 saturated carbocycles. The lowest BCUT2D eigenvalue weighted by atomic mass is 10.2. The van der Waals surface area contributed by atoms with Crippen molar-refractivity contribution < 1.29 is 4.74 Å². The third-order valence-electron chi connectivity index (χ3n) is 3.06. The molecule has 0 spiro atoms. The van der Waals surface area contributed by atoms with E-state index in [1.54, 1.807) is 6.21 Å². The maximum absolute atomic E-state index is 5.62. The van der Waals surface area contributed by atoms with Crippen molar-refractivity contribution in [1.82, 2.24) is 5.43 Å². The summed E-state index contributed by atoms with van der Waals surface area (Å²) in [4.78, 5) is 0. The zero-order valence-electron chi connectivity index (χ0n) is 13.2. The van der Waals surface area contributed by atoms with Crippen LogP contribution in [0.1, 0.15) is 25.3 Å².